The molecule has 1 aromatic heterocycles. The van der Waals surface area contributed by atoms with Gasteiger partial charge in [-0.1, -0.05) is 11.6 Å². The van der Waals surface area contributed by atoms with E-state index in [0.717, 1.165) is 0 Å². The number of anilines is 1. The molecule has 0 aliphatic rings. The van der Waals surface area contributed by atoms with Crippen LogP contribution in [0.25, 0.3) is 0 Å². The summed E-state index contributed by atoms with van der Waals surface area (Å²) in [6, 6.07) is 1.69. The monoisotopic (exact) mass is 273 g/mol. The molecule has 0 fully saturated rings. The van der Waals surface area contributed by atoms with Crippen molar-refractivity contribution in [2.45, 2.75) is 33.5 Å². The van der Waals surface area contributed by atoms with E-state index in [-0.39, 0.29) is 6.10 Å². The first kappa shape index (κ1) is 15.1. The second-order valence-electron chi connectivity index (χ2n) is 3.98. The van der Waals surface area contributed by atoms with Crippen LogP contribution in [0.1, 0.15) is 26.6 Å². The maximum absolute atomic E-state index is 5.91. The number of hydrogen-bond donors (Lipinski definition) is 1. The molecule has 102 valence electrons. The van der Waals surface area contributed by atoms with E-state index in [1.807, 2.05) is 20.8 Å². The zero-order valence-corrected chi connectivity index (χ0v) is 11.8. The molecule has 5 nitrogen and oxygen atoms in total. The Labute approximate surface area is 113 Å². The molecule has 6 heteroatoms. The minimum atomic E-state index is 0.231. The highest BCUT2D eigenvalue weighted by molar-refractivity contribution is 6.29. The van der Waals surface area contributed by atoms with Crippen LogP contribution in [0.4, 0.5) is 5.82 Å². The highest BCUT2D eigenvalue weighted by Crippen LogP contribution is 2.11. The van der Waals surface area contributed by atoms with Gasteiger partial charge in [-0.15, -0.1) is 0 Å². The normalized spacial score (nSPS) is 10.9. The fraction of sp³-hybridized carbons (Fsp3) is 0.667. The number of rotatable bonds is 8. The first-order valence-corrected chi connectivity index (χ1v) is 6.46. The van der Waals surface area contributed by atoms with Crippen molar-refractivity contribution in [3.63, 3.8) is 0 Å². The van der Waals surface area contributed by atoms with Gasteiger partial charge in [0.1, 0.15) is 17.6 Å². The van der Waals surface area contributed by atoms with Gasteiger partial charge in [0.05, 0.1) is 12.7 Å². The first-order chi connectivity index (χ1) is 8.61. The Balaban J connectivity index is 2.46. The molecular formula is C12H20ClN3O2. The minimum Gasteiger partial charge on any atom is -0.377 e. The Morgan fingerprint density at radius 3 is 2.83 bits per heavy atom. The predicted molar refractivity (Wildman–Crippen MR) is 71.9 cm³/mol. The van der Waals surface area contributed by atoms with Crippen molar-refractivity contribution in [2.75, 3.05) is 25.1 Å². The SMILES string of the molecule is CCOCc1nc(Cl)cc(NCCOC(C)C)n1. The van der Waals surface area contributed by atoms with Crippen LogP contribution >= 0.6 is 11.6 Å². The topological polar surface area (TPSA) is 56.3 Å². The first-order valence-electron chi connectivity index (χ1n) is 6.08. The summed E-state index contributed by atoms with van der Waals surface area (Å²) >= 11 is 5.91. The van der Waals surface area contributed by atoms with Crippen LogP contribution in [0.15, 0.2) is 6.07 Å². The largest absolute Gasteiger partial charge is 0.377 e. The van der Waals surface area contributed by atoms with E-state index < -0.39 is 0 Å². The fourth-order valence-corrected chi connectivity index (χ4v) is 1.49. The Morgan fingerprint density at radius 1 is 1.39 bits per heavy atom. The molecule has 0 saturated carbocycles. The molecule has 0 spiro atoms. The van der Waals surface area contributed by atoms with Gasteiger partial charge >= 0.3 is 0 Å². The molecule has 0 unspecified atom stereocenters. The molecular weight excluding hydrogens is 254 g/mol. The van der Waals surface area contributed by atoms with Crippen molar-refractivity contribution < 1.29 is 9.47 Å². The third kappa shape index (κ3) is 6.14. The summed E-state index contributed by atoms with van der Waals surface area (Å²) in [6.45, 7) is 8.23. The molecule has 18 heavy (non-hydrogen) atoms. The van der Waals surface area contributed by atoms with Gasteiger partial charge in [-0.3, -0.25) is 0 Å². The maximum Gasteiger partial charge on any atom is 0.158 e. The van der Waals surface area contributed by atoms with Crippen LogP contribution < -0.4 is 5.32 Å². The summed E-state index contributed by atoms with van der Waals surface area (Å²) in [6.07, 6.45) is 0.231. The predicted octanol–water partition coefficient (Wildman–Crippen LogP) is 2.50. The lowest BCUT2D eigenvalue weighted by molar-refractivity contribution is 0.0870. The van der Waals surface area contributed by atoms with E-state index in [1.54, 1.807) is 6.07 Å². The molecule has 0 aliphatic heterocycles. The number of ether oxygens (including phenoxy) is 2. The Morgan fingerprint density at radius 2 is 2.17 bits per heavy atom. The molecule has 0 amide bonds. The average molecular weight is 274 g/mol. The third-order valence-electron chi connectivity index (χ3n) is 2.04. The lowest BCUT2D eigenvalue weighted by Gasteiger charge is -2.10. The highest BCUT2D eigenvalue weighted by Gasteiger charge is 2.03. The molecule has 0 saturated heterocycles. The maximum atomic E-state index is 5.91. The van der Waals surface area contributed by atoms with Crippen LogP contribution in [0.2, 0.25) is 5.15 Å². The van der Waals surface area contributed by atoms with E-state index in [2.05, 4.69) is 15.3 Å². The smallest absolute Gasteiger partial charge is 0.158 e. The number of hydrogen-bond acceptors (Lipinski definition) is 5. The molecule has 0 radical (unpaired) electrons. The summed E-state index contributed by atoms with van der Waals surface area (Å²) in [7, 11) is 0. The number of nitrogens with zero attached hydrogens (tertiary/aromatic N) is 2. The minimum absolute atomic E-state index is 0.231. The summed E-state index contributed by atoms with van der Waals surface area (Å²) in [5, 5.41) is 3.55. The molecule has 0 aromatic carbocycles. The van der Waals surface area contributed by atoms with Gasteiger partial charge < -0.3 is 14.8 Å². The van der Waals surface area contributed by atoms with Crippen LogP contribution in [0.5, 0.6) is 0 Å². The molecule has 1 N–H and O–H groups in total. The van der Waals surface area contributed by atoms with E-state index in [1.165, 1.54) is 0 Å². The van der Waals surface area contributed by atoms with E-state index >= 15 is 0 Å². The number of aromatic nitrogens is 2. The van der Waals surface area contributed by atoms with E-state index in [9.17, 15) is 0 Å². The van der Waals surface area contributed by atoms with Crippen molar-refractivity contribution in [1.29, 1.82) is 0 Å². The molecule has 1 heterocycles. The zero-order chi connectivity index (χ0) is 13.4. The van der Waals surface area contributed by atoms with Crippen molar-refractivity contribution in [3.05, 3.63) is 17.0 Å². The van der Waals surface area contributed by atoms with Crippen LogP contribution in [-0.2, 0) is 16.1 Å². The summed E-state index contributed by atoms with van der Waals surface area (Å²) < 4.78 is 10.7. The molecule has 0 aliphatic carbocycles. The van der Waals surface area contributed by atoms with Crippen molar-refractivity contribution in [1.82, 2.24) is 9.97 Å². The van der Waals surface area contributed by atoms with Gasteiger partial charge in [0.15, 0.2) is 5.82 Å². The third-order valence-corrected chi connectivity index (χ3v) is 2.23. The van der Waals surface area contributed by atoms with Crippen molar-refractivity contribution in [2.24, 2.45) is 0 Å². The van der Waals surface area contributed by atoms with Gasteiger partial charge in [0, 0.05) is 19.2 Å². The van der Waals surface area contributed by atoms with Gasteiger partial charge in [-0.25, -0.2) is 9.97 Å². The average Bonchev–Trinajstić information content (AvgIpc) is 2.31. The zero-order valence-electron chi connectivity index (χ0n) is 11.1. The lowest BCUT2D eigenvalue weighted by atomic mass is 10.5. The van der Waals surface area contributed by atoms with E-state index in [0.29, 0.717) is 43.2 Å². The number of nitrogens with one attached hydrogen (secondary N) is 1. The molecule has 0 bridgehead atoms. The van der Waals surface area contributed by atoms with Crippen LogP contribution in [-0.4, -0.2) is 35.8 Å². The fourth-order valence-electron chi connectivity index (χ4n) is 1.29. The van der Waals surface area contributed by atoms with Crippen LogP contribution in [0, 0.1) is 0 Å². The molecule has 0 atom stereocenters. The highest BCUT2D eigenvalue weighted by atomic mass is 35.5. The molecule has 1 rings (SSSR count). The quantitative estimate of drug-likeness (QED) is 0.583. The standard InChI is InChI=1S/C12H20ClN3O2/c1-4-17-8-12-15-10(13)7-11(16-12)14-5-6-18-9(2)3/h7,9H,4-6,8H2,1-3H3,(H,14,15,16). The summed E-state index contributed by atoms with van der Waals surface area (Å²) in [4.78, 5) is 8.39. The Hall–Kier alpha value is -0.910. The second-order valence-corrected chi connectivity index (χ2v) is 4.36. The van der Waals surface area contributed by atoms with Gasteiger partial charge in [-0.2, -0.15) is 0 Å². The summed E-state index contributed by atoms with van der Waals surface area (Å²) in [5.74, 6) is 1.27. The summed E-state index contributed by atoms with van der Waals surface area (Å²) in [5.41, 5.74) is 0. The molecule has 1 aromatic rings. The van der Waals surface area contributed by atoms with Gasteiger partial charge in [0.2, 0.25) is 0 Å². The Kier molecular flexibility index (Phi) is 6.93. The Bertz CT molecular complexity index is 361. The number of halogens is 1. The van der Waals surface area contributed by atoms with Gasteiger partial charge in [-0.05, 0) is 20.8 Å². The second kappa shape index (κ2) is 8.24. The van der Waals surface area contributed by atoms with Crippen LogP contribution in [0.3, 0.4) is 0 Å². The van der Waals surface area contributed by atoms with E-state index in [4.69, 9.17) is 21.1 Å². The van der Waals surface area contributed by atoms with Gasteiger partial charge in [0.25, 0.3) is 0 Å². The van der Waals surface area contributed by atoms with Crippen molar-refractivity contribution >= 4 is 17.4 Å². The lowest BCUT2D eigenvalue weighted by Crippen LogP contribution is -2.14. The van der Waals surface area contributed by atoms with Crippen molar-refractivity contribution in [3.8, 4) is 0 Å².